The first-order valence-corrected chi connectivity index (χ1v) is 5.38. The Bertz CT molecular complexity index is 321. The molecule has 1 aromatic heterocycles. The molecule has 0 amide bonds. The van der Waals surface area contributed by atoms with Gasteiger partial charge in [0.05, 0.1) is 0 Å². The van der Waals surface area contributed by atoms with Gasteiger partial charge in [0, 0.05) is 37.1 Å². The summed E-state index contributed by atoms with van der Waals surface area (Å²) in [6.45, 7) is 1.71. The summed E-state index contributed by atoms with van der Waals surface area (Å²) >= 11 is 10.7. The van der Waals surface area contributed by atoms with E-state index in [0.29, 0.717) is 11.8 Å². The van der Waals surface area contributed by atoms with Gasteiger partial charge in [0.15, 0.2) is 0 Å². The van der Waals surface area contributed by atoms with E-state index in [0.717, 1.165) is 13.1 Å². The highest BCUT2D eigenvalue weighted by atomic mass is 35.5. The molecule has 0 spiro atoms. The van der Waals surface area contributed by atoms with Gasteiger partial charge in [-0.25, -0.2) is 4.79 Å². The maximum absolute atomic E-state index is 10.2. The van der Waals surface area contributed by atoms with Crippen molar-refractivity contribution in [1.29, 1.82) is 0 Å². The summed E-state index contributed by atoms with van der Waals surface area (Å²) in [4.78, 5) is 24.7. The molecule has 0 saturated carbocycles. The van der Waals surface area contributed by atoms with E-state index in [4.69, 9.17) is 23.2 Å². The lowest BCUT2D eigenvalue weighted by atomic mass is 10.7. The molecule has 0 aliphatic rings. The van der Waals surface area contributed by atoms with Crippen LogP contribution in [0.2, 0.25) is 0 Å². The Kier molecular flexibility index (Phi) is 9.26. The molecule has 86 valence electrons. The minimum absolute atomic E-state index is 0.381. The van der Waals surface area contributed by atoms with Crippen molar-refractivity contribution in [3.05, 3.63) is 33.1 Å². The summed E-state index contributed by atoms with van der Waals surface area (Å²) in [6, 6.07) is 1.24. The Balaban J connectivity index is 0.000000265. The third-order valence-corrected chi connectivity index (χ3v) is 1.61. The van der Waals surface area contributed by atoms with Crippen molar-refractivity contribution < 1.29 is 0 Å². The van der Waals surface area contributed by atoms with Crippen LogP contribution in [0.4, 0.5) is 0 Å². The number of aromatic amines is 2. The summed E-state index contributed by atoms with van der Waals surface area (Å²) in [7, 11) is 0. The van der Waals surface area contributed by atoms with Crippen LogP contribution in [-0.2, 0) is 0 Å². The predicted octanol–water partition coefficient (Wildman–Crippen LogP) is 0.117. The standard InChI is InChI=1S/C4H9Cl2N.C4H4N2O2/c5-1-3-7-4-2-6;7-3-1-2-5-4(8)6-3/h7H,1-4H2;1-2H,(H2,5,6,7,8). The van der Waals surface area contributed by atoms with Crippen LogP contribution in [0.15, 0.2) is 21.9 Å². The van der Waals surface area contributed by atoms with E-state index >= 15 is 0 Å². The molecule has 0 fully saturated rings. The highest BCUT2D eigenvalue weighted by Crippen LogP contribution is 1.71. The number of nitrogens with one attached hydrogen (secondary N) is 3. The molecule has 0 unspecified atom stereocenters. The normalized spacial score (nSPS) is 9.20. The first-order valence-electron chi connectivity index (χ1n) is 4.31. The molecular weight excluding hydrogens is 241 g/mol. The predicted molar refractivity (Wildman–Crippen MR) is 62.0 cm³/mol. The second kappa shape index (κ2) is 9.76. The topological polar surface area (TPSA) is 77.8 Å². The monoisotopic (exact) mass is 253 g/mol. The molecule has 7 heteroatoms. The lowest BCUT2D eigenvalue weighted by Crippen LogP contribution is -2.19. The fourth-order valence-electron chi connectivity index (χ4n) is 0.641. The van der Waals surface area contributed by atoms with Crippen LogP contribution in [0.25, 0.3) is 0 Å². The van der Waals surface area contributed by atoms with Crippen LogP contribution in [-0.4, -0.2) is 34.8 Å². The molecule has 3 N–H and O–H groups in total. The number of hydrogen-bond acceptors (Lipinski definition) is 3. The lowest BCUT2D eigenvalue weighted by molar-refractivity contribution is 0.770. The Morgan fingerprint density at radius 1 is 1.20 bits per heavy atom. The van der Waals surface area contributed by atoms with Gasteiger partial charge in [-0.2, -0.15) is 0 Å². The first kappa shape index (κ1) is 14.2. The molecule has 0 radical (unpaired) electrons. The van der Waals surface area contributed by atoms with Crippen molar-refractivity contribution in [3.63, 3.8) is 0 Å². The third-order valence-electron chi connectivity index (χ3n) is 1.23. The van der Waals surface area contributed by atoms with Crippen LogP contribution in [0, 0.1) is 0 Å². The first-order chi connectivity index (χ1) is 7.20. The summed E-state index contributed by atoms with van der Waals surface area (Å²) in [5.74, 6) is 1.33. The Morgan fingerprint density at radius 2 is 1.80 bits per heavy atom. The van der Waals surface area contributed by atoms with Crippen molar-refractivity contribution in [3.8, 4) is 0 Å². The molecule has 0 saturated heterocycles. The number of halogens is 2. The van der Waals surface area contributed by atoms with Gasteiger partial charge in [0.1, 0.15) is 0 Å². The zero-order valence-electron chi connectivity index (χ0n) is 8.06. The minimum atomic E-state index is -0.475. The molecule has 0 aliphatic heterocycles. The van der Waals surface area contributed by atoms with E-state index in [2.05, 4.69) is 10.3 Å². The van der Waals surface area contributed by atoms with Crippen molar-refractivity contribution in [2.24, 2.45) is 0 Å². The zero-order chi connectivity index (χ0) is 11.5. The van der Waals surface area contributed by atoms with Crippen molar-refractivity contribution in [2.45, 2.75) is 0 Å². The molecule has 1 aromatic rings. The van der Waals surface area contributed by atoms with Gasteiger partial charge in [0.2, 0.25) is 0 Å². The molecular formula is C8H13Cl2N3O2. The van der Waals surface area contributed by atoms with Crippen molar-refractivity contribution >= 4 is 23.2 Å². The molecule has 1 heterocycles. The van der Waals surface area contributed by atoms with E-state index in [1.54, 1.807) is 0 Å². The number of H-pyrrole nitrogens is 2. The number of alkyl halides is 2. The summed E-state index contributed by atoms with van der Waals surface area (Å²) in [5.41, 5.74) is -0.855. The van der Waals surface area contributed by atoms with Crippen LogP contribution >= 0.6 is 23.2 Å². The van der Waals surface area contributed by atoms with E-state index in [-0.39, 0.29) is 5.56 Å². The highest BCUT2D eigenvalue weighted by Gasteiger charge is 1.79. The molecule has 0 bridgehead atoms. The fraction of sp³-hybridized carbons (Fsp3) is 0.500. The fourth-order valence-corrected chi connectivity index (χ4v) is 0.909. The molecule has 0 atom stereocenters. The van der Waals surface area contributed by atoms with Gasteiger partial charge in [-0.3, -0.25) is 9.78 Å². The minimum Gasteiger partial charge on any atom is -0.314 e. The Morgan fingerprint density at radius 3 is 2.13 bits per heavy atom. The quantitative estimate of drug-likeness (QED) is 0.527. The zero-order valence-corrected chi connectivity index (χ0v) is 9.57. The van der Waals surface area contributed by atoms with E-state index < -0.39 is 5.69 Å². The Hall–Kier alpha value is -0.780. The third kappa shape index (κ3) is 9.52. The lowest BCUT2D eigenvalue weighted by Gasteiger charge is -1.93. The summed E-state index contributed by atoms with van der Waals surface area (Å²) < 4.78 is 0. The van der Waals surface area contributed by atoms with Crippen molar-refractivity contribution in [2.75, 3.05) is 24.8 Å². The highest BCUT2D eigenvalue weighted by molar-refractivity contribution is 6.18. The van der Waals surface area contributed by atoms with Gasteiger partial charge in [-0.15, -0.1) is 23.2 Å². The summed E-state index contributed by atoms with van der Waals surface area (Å²) in [6.07, 6.45) is 1.29. The maximum atomic E-state index is 10.2. The SMILES string of the molecule is ClCCNCCCl.O=c1cc[nH]c(=O)[nH]1. The second-order valence-corrected chi connectivity index (χ2v) is 3.18. The summed E-state index contributed by atoms with van der Waals surface area (Å²) in [5, 5.41) is 3.02. The maximum Gasteiger partial charge on any atom is 0.325 e. The van der Waals surface area contributed by atoms with Crippen molar-refractivity contribution in [1.82, 2.24) is 15.3 Å². The van der Waals surface area contributed by atoms with Crippen LogP contribution < -0.4 is 16.6 Å². The molecule has 0 aliphatic carbocycles. The number of aromatic nitrogens is 2. The van der Waals surface area contributed by atoms with Gasteiger partial charge >= 0.3 is 5.69 Å². The van der Waals surface area contributed by atoms with E-state index in [1.165, 1.54) is 12.3 Å². The van der Waals surface area contributed by atoms with E-state index in [9.17, 15) is 9.59 Å². The second-order valence-electron chi connectivity index (χ2n) is 2.42. The van der Waals surface area contributed by atoms with Gasteiger partial charge in [0.25, 0.3) is 5.56 Å². The van der Waals surface area contributed by atoms with E-state index in [1.807, 2.05) is 4.98 Å². The smallest absolute Gasteiger partial charge is 0.314 e. The van der Waals surface area contributed by atoms with Crippen LogP contribution in [0.5, 0.6) is 0 Å². The van der Waals surface area contributed by atoms with Crippen LogP contribution in [0.3, 0.4) is 0 Å². The molecule has 1 rings (SSSR count). The average Bonchev–Trinajstić information content (AvgIpc) is 2.19. The van der Waals surface area contributed by atoms with Gasteiger partial charge in [-0.05, 0) is 0 Å². The number of rotatable bonds is 4. The molecule has 5 nitrogen and oxygen atoms in total. The molecule has 15 heavy (non-hydrogen) atoms. The largest absolute Gasteiger partial charge is 0.325 e. The molecule has 0 aromatic carbocycles. The van der Waals surface area contributed by atoms with Crippen LogP contribution in [0.1, 0.15) is 0 Å². The number of hydrogen-bond donors (Lipinski definition) is 3. The van der Waals surface area contributed by atoms with Gasteiger partial charge in [-0.1, -0.05) is 0 Å². The average molecular weight is 254 g/mol. The Labute approximate surface area is 96.8 Å². The van der Waals surface area contributed by atoms with Gasteiger partial charge < -0.3 is 10.3 Å².